The number of aromatic nitrogens is 2. The molecule has 1 N–H and O–H groups in total. The number of nitrogens with zero attached hydrogens (tertiary/aromatic N) is 3. The molecule has 2 unspecified atom stereocenters. The van der Waals surface area contributed by atoms with E-state index in [9.17, 15) is 9.90 Å². The van der Waals surface area contributed by atoms with Crippen LogP contribution in [-0.2, 0) is 11.3 Å². The molecule has 1 fully saturated rings. The Morgan fingerprint density at radius 1 is 1.35 bits per heavy atom. The second kappa shape index (κ2) is 6.93. The summed E-state index contributed by atoms with van der Waals surface area (Å²) in [6.07, 6.45) is 2.39. The Morgan fingerprint density at radius 2 is 2.13 bits per heavy atom. The Morgan fingerprint density at radius 3 is 2.87 bits per heavy atom. The number of β-amino-alcohol motifs (C(OH)–C–C–N with tert-alkyl or cyclic N) is 1. The van der Waals surface area contributed by atoms with Crippen LogP contribution in [0.15, 0.2) is 42.7 Å². The molecule has 1 aromatic carbocycles. The van der Waals surface area contributed by atoms with Gasteiger partial charge in [0.2, 0.25) is 0 Å². The van der Waals surface area contributed by atoms with Crippen molar-refractivity contribution in [3.05, 3.63) is 53.9 Å². The Balaban J connectivity index is 1.65. The van der Waals surface area contributed by atoms with E-state index >= 15 is 0 Å². The number of likely N-dealkylation sites (tertiary alicyclic amines) is 1. The molecule has 1 amide bonds. The fourth-order valence-corrected chi connectivity index (χ4v) is 2.81. The summed E-state index contributed by atoms with van der Waals surface area (Å²) in [5.41, 5.74) is 1.66. The van der Waals surface area contributed by atoms with Gasteiger partial charge in [0.15, 0.2) is 0 Å². The summed E-state index contributed by atoms with van der Waals surface area (Å²) in [5.74, 6) is -0.120. The minimum absolute atomic E-state index is 0.120. The third-order valence-corrected chi connectivity index (χ3v) is 3.97. The molecule has 3 rings (SSSR count). The largest absolute Gasteiger partial charge is 0.388 e. The molecule has 1 saturated heterocycles. The molecule has 6 nitrogen and oxygen atoms in total. The van der Waals surface area contributed by atoms with Crippen LogP contribution in [0.1, 0.15) is 22.8 Å². The van der Waals surface area contributed by atoms with Gasteiger partial charge in [-0.15, -0.1) is 0 Å². The number of amides is 1. The van der Waals surface area contributed by atoms with Gasteiger partial charge in [0, 0.05) is 25.9 Å². The number of carbonyl (C=O) groups excluding carboxylic acids is 1. The summed E-state index contributed by atoms with van der Waals surface area (Å²) >= 11 is 0. The van der Waals surface area contributed by atoms with Crippen LogP contribution in [0.4, 0.5) is 0 Å². The second-order valence-corrected chi connectivity index (χ2v) is 5.68. The minimum atomic E-state index is -0.627. The lowest BCUT2D eigenvalue weighted by Gasteiger charge is -2.14. The van der Waals surface area contributed by atoms with Crippen LogP contribution in [-0.4, -0.2) is 57.6 Å². The van der Waals surface area contributed by atoms with Gasteiger partial charge in [0.1, 0.15) is 6.10 Å². The number of hydrogen-bond donors (Lipinski definition) is 1. The highest BCUT2D eigenvalue weighted by Gasteiger charge is 2.35. The molecule has 2 aromatic rings. The Kier molecular flexibility index (Phi) is 4.73. The molecule has 0 spiro atoms. The average Bonchev–Trinajstić information content (AvgIpc) is 3.16. The zero-order valence-corrected chi connectivity index (χ0v) is 13.1. The highest BCUT2D eigenvalue weighted by Crippen LogP contribution is 2.17. The summed E-state index contributed by atoms with van der Waals surface area (Å²) in [6.45, 7) is 3.74. The van der Waals surface area contributed by atoms with Crippen molar-refractivity contribution in [2.24, 2.45) is 0 Å². The monoisotopic (exact) mass is 315 g/mol. The number of aliphatic hydroxyl groups is 1. The minimum Gasteiger partial charge on any atom is -0.388 e. The molecule has 0 bridgehead atoms. The van der Waals surface area contributed by atoms with E-state index in [2.05, 4.69) is 5.10 Å². The van der Waals surface area contributed by atoms with E-state index in [0.29, 0.717) is 31.8 Å². The van der Waals surface area contributed by atoms with Crippen LogP contribution in [0, 0.1) is 0 Å². The van der Waals surface area contributed by atoms with E-state index in [1.54, 1.807) is 22.0 Å². The van der Waals surface area contributed by atoms with E-state index in [-0.39, 0.29) is 12.0 Å². The van der Waals surface area contributed by atoms with Gasteiger partial charge in [-0.1, -0.05) is 30.3 Å². The second-order valence-electron chi connectivity index (χ2n) is 5.68. The van der Waals surface area contributed by atoms with E-state index in [4.69, 9.17) is 4.74 Å². The summed E-state index contributed by atoms with van der Waals surface area (Å²) in [4.78, 5) is 14.1. The molecular formula is C17H21N3O3. The predicted molar refractivity (Wildman–Crippen MR) is 85.1 cm³/mol. The first-order valence-corrected chi connectivity index (χ1v) is 7.82. The van der Waals surface area contributed by atoms with Crippen LogP contribution in [0.25, 0.3) is 0 Å². The van der Waals surface area contributed by atoms with Crippen LogP contribution < -0.4 is 0 Å². The van der Waals surface area contributed by atoms with Gasteiger partial charge < -0.3 is 14.7 Å². The highest BCUT2D eigenvalue weighted by molar-refractivity contribution is 5.94. The first-order valence-electron chi connectivity index (χ1n) is 7.82. The normalized spacial score (nSPS) is 20.9. The van der Waals surface area contributed by atoms with E-state index in [1.165, 1.54) is 0 Å². The van der Waals surface area contributed by atoms with E-state index < -0.39 is 6.10 Å². The molecular weight excluding hydrogens is 294 g/mol. The van der Waals surface area contributed by atoms with Crippen molar-refractivity contribution in [2.45, 2.75) is 25.7 Å². The van der Waals surface area contributed by atoms with E-state index in [1.807, 2.05) is 37.3 Å². The molecule has 0 radical (unpaired) electrons. The van der Waals surface area contributed by atoms with Gasteiger partial charge in [-0.3, -0.25) is 9.48 Å². The predicted octanol–water partition coefficient (Wildman–Crippen LogP) is 1.15. The molecule has 0 aliphatic carbocycles. The zero-order valence-electron chi connectivity index (χ0n) is 13.1. The first kappa shape index (κ1) is 15.7. The average molecular weight is 315 g/mol. The summed E-state index contributed by atoms with van der Waals surface area (Å²) in [6, 6.07) is 9.96. The van der Waals surface area contributed by atoms with Crippen LogP contribution in [0.2, 0.25) is 0 Å². The smallest absolute Gasteiger partial charge is 0.257 e. The number of benzene rings is 1. The number of rotatable bonds is 5. The standard InChI is InChI=1S/C17H21N3O3/c1-2-23-16-12-19(11-15(16)21)17(22)14-8-18-20(10-14)9-13-6-4-3-5-7-13/h3-8,10,15-16,21H,2,9,11-12H2,1H3. The van der Waals surface area contributed by atoms with Gasteiger partial charge in [0.25, 0.3) is 5.91 Å². The Hall–Kier alpha value is -2.18. The molecule has 2 heterocycles. The van der Waals surface area contributed by atoms with Crippen molar-refractivity contribution < 1.29 is 14.6 Å². The van der Waals surface area contributed by atoms with Crippen molar-refractivity contribution in [2.75, 3.05) is 19.7 Å². The van der Waals surface area contributed by atoms with Gasteiger partial charge in [-0.25, -0.2) is 0 Å². The number of hydrogen-bond acceptors (Lipinski definition) is 4. The third-order valence-electron chi connectivity index (χ3n) is 3.97. The van der Waals surface area contributed by atoms with Gasteiger partial charge in [-0.2, -0.15) is 5.10 Å². The molecule has 122 valence electrons. The molecule has 0 saturated carbocycles. The van der Waals surface area contributed by atoms with Crippen LogP contribution >= 0.6 is 0 Å². The van der Waals surface area contributed by atoms with Gasteiger partial charge in [-0.05, 0) is 12.5 Å². The topological polar surface area (TPSA) is 67.6 Å². The summed E-state index contributed by atoms with van der Waals surface area (Å²) < 4.78 is 7.20. The van der Waals surface area contributed by atoms with Gasteiger partial charge >= 0.3 is 0 Å². The molecule has 1 aliphatic heterocycles. The molecule has 2 atom stereocenters. The number of ether oxygens (including phenoxy) is 1. The maximum absolute atomic E-state index is 12.5. The SMILES string of the molecule is CCOC1CN(C(=O)c2cnn(Cc3ccccc3)c2)CC1O. The van der Waals surface area contributed by atoms with Crippen molar-refractivity contribution in [1.82, 2.24) is 14.7 Å². The number of carbonyl (C=O) groups is 1. The third kappa shape index (κ3) is 3.60. The Bertz CT molecular complexity index is 656. The highest BCUT2D eigenvalue weighted by atomic mass is 16.5. The fraction of sp³-hybridized carbons (Fsp3) is 0.412. The lowest BCUT2D eigenvalue weighted by molar-refractivity contribution is -0.00237. The molecule has 23 heavy (non-hydrogen) atoms. The quantitative estimate of drug-likeness (QED) is 0.899. The number of aliphatic hydroxyl groups excluding tert-OH is 1. The maximum atomic E-state index is 12.5. The molecule has 1 aliphatic rings. The van der Waals surface area contributed by atoms with Gasteiger partial charge in [0.05, 0.1) is 24.4 Å². The van der Waals surface area contributed by atoms with E-state index in [0.717, 1.165) is 5.56 Å². The lowest BCUT2D eigenvalue weighted by atomic mass is 10.2. The summed E-state index contributed by atoms with van der Waals surface area (Å²) in [5, 5.41) is 14.2. The summed E-state index contributed by atoms with van der Waals surface area (Å²) in [7, 11) is 0. The van der Waals surface area contributed by atoms with Crippen LogP contribution in [0.5, 0.6) is 0 Å². The first-order chi connectivity index (χ1) is 11.2. The van der Waals surface area contributed by atoms with Crippen LogP contribution in [0.3, 0.4) is 0 Å². The molecule has 1 aromatic heterocycles. The lowest BCUT2D eigenvalue weighted by Crippen LogP contribution is -2.29. The maximum Gasteiger partial charge on any atom is 0.257 e. The molecule has 6 heteroatoms. The van der Waals surface area contributed by atoms with Crippen molar-refractivity contribution in [3.8, 4) is 0 Å². The van der Waals surface area contributed by atoms with Crippen molar-refractivity contribution in [3.63, 3.8) is 0 Å². The fourth-order valence-electron chi connectivity index (χ4n) is 2.81. The van der Waals surface area contributed by atoms with Crippen molar-refractivity contribution in [1.29, 1.82) is 0 Å². The van der Waals surface area contributed by atoms with Crippen molar-refractivity contribution >= 4 is 5.91 Å². The Labute approximate surface area is 135 Å². The zero-order chi connectivity index (χ0) is 16.2.